The van der Waals surface area contributed by atoms with E-state index in [-0.39, 0.29) is 22.8 Å². The van der Waals surface area contributed by atoms with Crippen molar-refractivity contribution in [2.45, 2.75) is 24.8 Å². The van der Waals surface area contributed by atoms with Crippen LogP contribution < -0.4 is 0 Å². The van der Waals surface area contributed by atoms with Crippen molar-refractivity contribution < 1.29 is 23.4 Å². The van der Waals surface area contributed by atoms with Crippen LogP contribution in [0.1, 0.15) is 23.7 Å². The van der Waals surface area contributed by atoms with Gasteiger partial charge in [-0.1, -0.05) is 17.7 Å². The third kappa shape index (κ3) is 3.78. The molecule has 0 spiro atoms. The fourth-order valence-electron chi connectivity index (χ4n) is 1.53. The highest BCUT2D eigenvalue weighted by Gasteiger charge is 2.36. The average molecular weight is 301 g/mol. The lowest BCUT2D eigenvalue weighted by Crippen LogP contribution is -2.22. The van der Waals surface area contributed by atoms with Gasteiger partial charge in [0.25, 0.3) is 0 Å². The lowest BCUT2D eigenvalue weighted by atomic mass is 9.97. The molecule has 0 heterocycles. The van der Waals surface area contributed by atoms with Gasteiger partial charge in [-0.15, -0.1) is 0 Å². The first-order valence-electron chi connectivity index (χ1n) is 5.11. The van der Waals surface area contributed by atoms with E-state index in [2.05, 4.69) is 12.6 Å². The van der Waals surface area contributed by atoms with Crippen LogP contribution in [-0.4, -0.2) is 22.1 Å². The Hall–Kier alpha value is -0.430. The number of hydrogen-bond acceptors (Lipinski definition) is 3. The van der Waals surface area contributed by atoms with E-state index in [4.69, 9.17) is 11.6 Å². The number of aliphatic hydroxyl groups is 2. The SMILES string of the molecule is OC(CCS)C(O)c1ccc(Cl)cc1C(F)(F)F. The van der Waals surface area contributed by atoms with Crippen LogP contribution in [-0.2, 0) is 6.18 Å². The number of aliphatic hydroxyl groups excluding tert-OH is 2. The molecule has 0 radical (unpaired) electrons. The van der Waals surface area contributed by atoms with Crippen molar-refractivity contribution >= 4 is 24.2 Å². The molecular formula is C11H12ClF3O2S. The molecule has 7 heteroatoms. The van der Waals surface area contributed by atoms with Crippen LogP contribution in [0.3, 0.4) is 0 Å². The molecule has 0 saturated heterocycles. The van der Waals surface area contributed by atoms with Crippen LogP contribution in [0, 0.1) is 0 Å². The summed E-state index contributed by atoms with van der Waals surface area (Å²) in [5.41, 5.74) is -1.43. The summed E-state index contributed by atoms with van der Waals surface area (Å²) in [7, 11) is 0. The minimum absolute atomic E-state index is 0.0815. The molecule has 1 aromatic rings. The molecule has 0 amide bonds. The fraction of sp³-hybridized carbons (Fsp3) is 0.455. The second kappa shape index (κ2) is 6.14. The van der Waals surface area contributed by atoms with Crippen molar-refractivity contribution in [3.8, 4) is 0 Å². The zero-order valence-corrected chi connectivity index (χ0v) is 10.8. The van der Waals surface area contributed by atoms with E-state index >= 15 is 0 Å². The van der Waals surface area contributed by atoms with Gasteiger partial charge in [-0.2, -0.15) is 25.8 Å². The summed E-state index contributed by atoms with van der Waals surface area (Å²) in [6.45, 7) is 0. The molecule has 0 aliphatic rings. The summed E-state index contributed by atoms with van der Waals surface area (Å²) in [5.74, 6) is 0.257. The minimum Gasteiger partial charge on any atom is -0.390 e. The first-order chi connectivity index (χ1) is 8.27. The summed E-state index contributed by atoms with van der Waals surface area (Å²) >= 11 is 9.36. The molecular weight excluding hydrogens is 289 g/mol. The molecule has 0 aliphatic heterocycles. The number of rotatable bonds is 4. The zero-order valence-electron chi connectivity index (χ0n) is 9.15. The Bertz CT molecular complexity index is 412. The monoisotopic (exact) mass is 300 g/mol. The Balaban J connectivity index is 3.15. The lowest BCUT2D eigenvalue weighted by Gasteiger charge is -2.21. The van der Waals surface area contributed by atoms with E-state index in [9.17, 15) is 23.4 Å². The standard InChI is InChI=1S/C11H12ClF3O2S/c12-6-1-2-7(8(5-6)11(13,14)15)10(17)9(16)3-4-18/h1-2,5,9-10,16-18H,3-4H2. The molecule has 0 aromatic heterocycles. The Kier molecular flexibility index (Phi) is 5.33. The molecule has 2 nitrogen and oxygen atoms in total. The van der Waals surface area contributed by atoms with Gasteiger partial charge < -0.3 is 10.2 Å². The largest absolute Gasteiger partial charge is 0.416 e. The molecule has 1 aromatic carbocycles. The number of alkyl halides is 3. The highest BCUT2D eigenvalue weighted by Crippen LogP contribution is 2.37. The summed E-state index contributed by atoms with van der Waals surface area (Å²) in [5, 5.41) is 19.2. The number of thiol groups is 1. The molecule has 102 valence electrons. The van der Waals surface area contributed by atoms with Gasteiger partial charge in [0.05, 0.1) is 11.7 Å². The summed E-state index contributed by atoms with van der Waals surface area (Å²) in [4.78, 5) is 0. The summed E-state index contributed by atoms with van der Waals surface area (Å²) in [6, 6.07) is 3.04. The number of hydrogen-bond donors (Lipinski definition) is 3. The topological polar surface area (TPSA) is 40.5 Å². The quantitative estimate of drug-likeness (QED) is 0.748. The minimum atomic E-state index is -4.64. The Morgan fingerprint density at radius 2 is 1.89 bits per heavy atom. The van der Waals surface area contributed by atoms with Crippen molar-refractivity contribution in [2.75, 3.05) is 5.75 Å². The molecule has 0 bridgehead atoms. The van der Waals surface area contributed by atoms with Crippen LogP contribution in [0.4, 0.5) is 13.2 Å². The van der Waals surface area contributed by atoms with Crippen LogP contribution in [0.15, 0.2) is 18.2 Å². The average Bonchev–Trinajstić information content (AvgIpc) is 2.27. The summed E-state index contributed by atoms with van der Waals surface area (Å²) < 4.78 is 38.3. The Morgan fingerprint density at radius 1 is 1.28 bits per heavy atom. The zero-order chi connectivity index (χ0) is 13.9. The third-order valence-corrected chi connectivity index (χ3v) is 2.92. The highest BCUT2D eigenvalue weighted by molar-refractivity contribution is 7.80. The van der Waals surface area contributed by atoms with E-state index in [1.54, 1.807) is 0 Å². The van der Waals surface area contributed by atoms with Crippen molar-refractivity contribution in [3.05, 3.63) is 34.3 Å². The molecule has 0 saturated carbocycles. The lowest BCUT2D eigenvalue weighted by molar-refractivity contribution is -0.139. The maximum Gasteiger partial charge on any atom is 0.416 e. The Morgan fingerprint density at radius 3 is 2.39 bits per heavy atom. The summed E-state index contributed by atoms with van der Waals surface area (Å²) in [6.07, 6.45) is -7.47. The van der Waals surface area contributed by atoms with E-state index in [1.165, 1.54) is 6.07 Å². The van der Waals surface area contributed by atoms with Crippen LogP contribution in [0.2, 0.25) is 5.02 Å². The van der Waals surface area contributed by atoms with E-state index in [1.807, 2.05) is 0 Å². The van der Waals surface area contributed by atoms with Gasteiger partial charge in [0.2, 0.25) is 0 Å². The van der Waals surface area contributed by atoms with Gasteiger partial charge in [-0.3, -0.25) is 0 Å². The molecule has 0 aliphatic carbocycles. The van der Waals surface area contributed by atoms with E-state index in [0.29, 0.717) is 0 Å². The molecule has 2 unspecified atom stereocenters. The highest BCUT2D eigenvalue weighted by atomic mass is 35.5. The Labute approximate surface area is 113 Å². The van der Waals surface area contributed by atoms with E-state index < -0.39 is 23.9 Å². The molecule has 18 heavy (non-hydrogen) atoms. The van der Waals surface area contributed by atoms with Gasteiger partial charge in [0.1, 0.15) is 6.10 Å². The maximum absolute atomic E-state index is 12.8. The second-order valence-electron chi connectivity index (χ2n) is 3.75. The predicted octanol–water partition coefficient (Wildman–Crippen LogP) is 3.07. The van der Waals surface area contributed by atoms with Crippen LogP contribution in [0.5, 0.6) is 0 Å². The van der Waals surface area contributed by atoms with Gasteiger partial charge >= 0.3 is 6.18 Å². The molecule has 0 fully saturated rings. The number of benzene rings is 1. The van der Waals surface area contributed by atoms with Crippen molar-refractivity contribution in [2.24, 2.45) is 0 Å². The van der Waals surface area contributed by atoms with Gasteiger partial charge in [0.15, 0.2) is 0 Å². The third-order valence-electron chi connectivity index (χ3n) is 2.43. The van der Waals surface area contributed by atoms with Crippen molar-refractivity contribution in [1.29, 1.82) is 0 Å². The first-order valence-corrected chi connectivity index (χ1v) is 6.12. The molecule has 1 rings (SSSR count). The molecule has 2 atom stereocenters. The van der Waals surface area contributed by atoms with Crippen LogP contribution in [0.25, 0.3) is 0 Å². The smallest absolute Gasteiger partial charge is 0.390 e. The predicted molar refractivity (Wildman–Crippen MR) is 65.9 cm³/mol. The van der Waals surface area contributed by atoms with Crippen LogP contribution >= 0.6 is 24.2 Å². The molecule has 2 N–H and O–H groups in total. The maximum atomic E-state index is 12.8. The van der Waals surface area contributed by atoms with Gasteiger partial charge in [-0.05, 0) is 29.9 Å². The number of halogens is 4. The normalized spacial score (nSPS) is 15.5. The first kappa shape index (κ1) is 15.6. The second-order valence-corrected chi connectivity index (χ2v) is 4.64. The van der Waals surface area contributed by atoms with Gasteiger partial charge in [0, 0.05) is 5.02 Å². The van der Waals surface area contributed by atoms with E-state index in [0.717, 1.165) is 12.1 Å². The fourth-order valence-corrected chi connectivity index (χ4v) is 1.97. The van der Waals surface area contributed by atoms with Crippen molar-refractivity contribution in [3.63, 3.8) is 0 Å². The van der Waals surface area contributed by atoms with Gasteiger partial charge in [-0.25, -0.2) is 0 Å². The van der Waals surface area contributed by atoms with Crippen molar-refractivity contribution in [1.82, 2.24) is 0 Å².